The van der Waals surface area contributed by atoms with E-state index in [1.165, 1.54) is 6.07 Å². The highest BCUT2D eigenvalue weighted by molar-refractivity contribution is 5.22. The molecule has 0 bridgehead atoms. The maximum Gasteiger partial charge on any atom is 0.123 e. The van der Waals surface area contributed by atoms with Gasteiger partial charge in [-0.15, -0.1) is 0 Å². The maximum atomic E-state index is 13.5. The highest BCUT2D eigenvalue weighted by Crippen LogP contribution is 2.25. The van der Waals surface area contributed by atoms with Crippen LogP contribution in [0.3, 0.4) is 0 Å². The molecule has 4 heteroatoms. The standard InChI is InChI=1S/C17H22FN3/c1-3-16(19)17(14-7-4-8-15(18)10-14)21(2)12-13-6-5-9-20-11-13/h4-11,16-17H,3,12,19H2,1-2H3. The minimum Gasteiger partial charge on any atom is -0.326 e. The Morgan fingerprint density at radius 1 is 1.29 bits per heavy atom. The van der Waals surface area contributed by atoms with Gasteiger partial charge in [-0.3, -0.25) is 9.88 Å². The normalized spacial score (nSPS) is 14.1. The third kappa shape index (κ3) is 4.09. The molecule has 0 aliphatic carbocycles. The summed E-state index contributed by atoms with van der Waals surface area (Å²) < 4.78 is 13.5. The van der Waals surface area contributed by atoms with E-state index in [2.05, 4.69) is 16.8 Å². The predicted molar refractivity (Wildman–Crippen MR) is 83.1 cm³/mol. The first-order valence-electron chi connectivity index (χ1n) is 7.22. The molecule has 0 spiro atoms. The average molecular weight is 287 g/mol. The molecule has 21 heavy (non-hydrogen) atoms. The second-order valence-corrected chi connectivity index (χ2v) is 5.35. The van der Waals surface area contributed by atoms with E-state index in [1.807, 2.05) is 31.4 Å². The number of hydrogen-bond donors (Lipinski definition) is 1. The van der Waals surface area contributed by atoms with Gasteiger partial charge >= 0.3 is 0 Å². The molecular weight excluding hydrogens is 265 g/mol. The highest BCUT2D eigenvalue weighted by atomic mass is 19.1. The van der Waals surface area contributed by atoms with Gasteiger partial charge in [-0.25, -0.2) is 4.39 Å². The lowest BCUT2D eigenvalue weighted by Crippen LogP contribution is -2.38. The number of nitrogens with zero attached hydrogens (tertiary/aromatic N) is 2. The summed E-state index contributed by atoms with van der Waals surface area (Å²) >= 11 is 0. The van der Waals surface area contributed by atoms with Crippen LogP contribution >= 0.6 is 0 Å². The van der Waals surface area contributed by atoms with Crippen molar-refractivity contribution >= 4 is 0 Å². The first-order chi connectivity index (χ1) is 10.1. The molecule has 0 aliphatic rings. The van der Waals surface area contributed by atoms with E-state index in [9.17, 15) is 4.39 Å². The third-order valence-corrected chi connectivity index (χ3v) is 3.70. The molecule has 0 fully saturated rings. The minimum atomic E-state index is -0.226. The van der Waals surface area contributed by atoms with E-state index in [0.717, 1.165) is 24.1 Å². The fourth-order valence-corrected chi connectivity index (χ4v) is 2.62. The lowest BCUT2D eigenvalue weighted by Gasteiger charge is -2.32. The Morgan fingerprint density at radius 2 is 2.10 bits per heavy atom. The number of rotatable bonds is 6. The number of halogens is 1. The molecule has 112 valence electrons. The van der Waals surface area contributed by atoms with Gasteiger partial charge in [0.2, 0.25) is 0 Å². The van der Waals surface area contributed by atoms with Crippen LogP contribution in [0.2, 0.25) is 0 Å². The summed E-state index contributed by atoms with van der Waals surface area (Å²) in [6.45, 7) is 2.78. The van der Waals surface area contributed by atoms with Crippen molar-refractivity contribution in [2.75, 3.05) is 7.05 Å². The Hall–Kier alpha value is -1.78. The van der Waals surface area contributed by atoms with Crippen LogP contribution in [0.1, 0.15) is 30.5 Å². The summed E-state index contributed by atoms with van der Waals surface area (Å²) in [4.78, 5) is 6.28. The number of nitrogens with two attached hydrogens (primary N) is 1. The summed E-state index contributed by atoms with van der Waals surface area (Å²) in [5, 5.41) is 0. The molecule has 2 rings (SSSR count). The molecule has 1 aromatic heterocycles. The van der Waals surface area contributed by atoms with Crippen molar-refractivity contribution in [2.45, 2.75) is 32.0 Å². The fraction of sp³-hybridized carbons (Fsp3) is 0.353. The van der Waals surface area contributed by atoms with E-state index in [4.69, 9.17) is 5.73 Å². The molecule has 2 atom stereocenters. The number of pyridine rings is 1. The van der Waals surface area contributed by atoms with E-state index in [-0.39, 0.29) is 17.9 Å². The molecule has 0 radical (unpaired) electrons. The molecule has 0 saturated heterocycles. The zero-order valence-electron chi connectivity index (χ0n) is 12.5. The second-order valence-electron chi connectivity index (χ2n) is 5.35. The zero-order chi connectivity index (χ0) is 15.2. The van der Waals surface area contributed by atoms with Crippen molar-refractivity contribution < 1.29 is 4.39 Å². The molecule has 1 aromatic carbocycles. The highest BCUT2D eigenvalue weighted by Gasteiger charge is 2.23. The molecule has 0 saturated carbocycles. The molecule has 0 amide bonds. The monoisotopic (exact) mass is 287 g/mol. The van der Waals surface area contributed by atoms with E-state index >= 15 is 0 Å². The van der Waals surface area contributed by atoms with Gasteiger partial charge in [-0.05, 0) is 42.8 Å². The summed E-state index contributed by atoms with van der Waals surface area (Å²) in [7, 11) is 2.01. The van der Waals surface area contributed by atoms with Gasteiger partial charge in [0.05, 0.1) is 6.04 Å². The van der Waals surface area contributed by atoms with Crippen LogP contribution in [-0.4, -0.2) is 23.0 Å². The fourth-order valence-electron chi connectivity index (χ4n) is 2.62. The summed E-state index contributed by atoms with van der Waals surface area (Å²) in [5.74, 6) is -0.226. The zero-order valence-corrected chi connectivity index (χ0v) is 12.5. The molecule has 3 nitrogen and oxygen atoms in total. The van der Waals surface area contributed by atoms with Crippen LogP contribution < -0.4 is 5.73 Å². The van der Waals surface area contributed by atoms with Crippen LogP contribution in [-0.2, 0) is 6.54 Å². The number of hydrogen-bond acceptors (Lipinski definition) is 3. The lowest BCUT2D eigenvalue weighted by atomic mass is 9.96. The van der Waals surface area contributed by atoms with Gasteiger partial charge in [-0.1, -0.05) is 25.1 Å². The van der Waals surface area contributed by atoms with Crippen molar-refractivity contribution in [3.8, 4) is 0 Å². The smallest absolute Gasteiger partial charge is 0.123 e. The van der Waals surface area contributed by atoms with E-state index < -0.39 is 0 Å². The quantitative estimate of drug-likeness (QED) is 0.887. The molecule has 0 aliphatic heterocycles. The molecule has 2 unspecified atom stereocenters. The van der Waals surface area contributed by atoms with Crippen molar-refractivity contribution in [3.05, 3.63) is 65.7 Å². The Bertz CT molecular complexity index is 559. The topological polar surface area (TPSA) is 42.1 Å². The average Bonchev–Trinajstić information content (AvgIpc) is 2.48. The number of benzene rings is 1. The van der Waals surface area contributed by atoms with Gasteiger partial charge in [0, 0.05) is 25.0 Å². The largest absolute Gasteiger partial charge is 0.326 e. The Kier molecular flexibility index (Phi) is 5.42. The molecular formula is C17H22FN3. The maximum absolute atomic E-state index is 13.5. The Labute approximate surface area is 125 Å². The van der Waals surface area contributed by atoms with Gasteiger partial charge < -0.3 is 5.73 Å². The minimum absolute atomic E-state index is 0.0223. The Morgan fingerprint density at radius 3 is 2.71 bits per heavy atom. The lowest BCUT2D eigenvalue weighted by molar-refractivity contribution is 0.201. The molecule has 1 heterocycles. The van der Waals surface area contributed by atoms with Gasteiger partial charge in [-0.2, -0.15) is 0 Å². The Balaban J connectivity index is 2.23. The van der Waals surface area contributed by atoms with E-state index in [1.54, 1.807) is 18.3 Å². The van der Waals surface area contributed by atoms with Crippen molar-refractivity contribution in [1.82, 2.24) is 9.88 Å². The van der Waals surface area contributed by atoms with Crippen LogP contribution in [0, 0.1) is 5.82 Å². The van der Waals surface area contributed by atoms with Gasteiger partial charge in [0.1, 0.15) is 5.82 Å². The summed E-state index contributed by atoms with van der Waals surface area (Å²) in [5.41, 5.74) is 8.30. The van der Waals surface area contributed by atoms with Gasteiger partial charge in [0.25, 0.3) is 0 Å². The predicted octanol–water partition coefficient (Wildman–Crippen LogP) is 3.13. The van der Waals surface area contributed by atoms with Gasteiger partial charge in [0.15, 0.2) is 0 Å². The first kappa shape index (κ1) is 15.6. The van der Waals surface area contributed by atoms with Crippen molar-refractivity contribution in [3.63, 3.8) is 0 Å². The van der Waals surface area contributed by atoms with Crippen LogP contribution in [0.15, 0.2) is 48.8 Å². The first-order valence-corrected chi connectivity index (χ1v) is 7.22. The van der Waals surface area contributed by atoms with Crippen LogP contribution in [0.4, 0.5) is 4.39 Å². The summed E-state index contributed by atoms with van der Waals surface area (Å²) in [6, 6.07) is 10.6. The number of likely N-dealkylation sites (N-methyl/N-ethyl adjacent to an activating group) is 1. The van der Waals surface area contributed by atoms with Crippen molar-refractivity contribution in [2.24, 2.45) is 5.73 Å². The third-order valence-electron chi connectivity index (χ3n) is 3.70. The summed E-state index contributed by atoms with van der Waals surface area (Å²) in [6.07, 6.45) is 4.43. The second kappa shape index (κ2) is 7.29. The van der Waals surface area contributed by atoms with Crippen LogP contribution in [0.25, 0.3) is 0 Å². The molecule has 2 N–H and O–H groups in total. The van der Waals surface area contributed by atoms with Crippen LogP contribution in [0.5, 0.6) is 0 Å². The van der Waals surface area contributed by atoms with E-state index in [0.29, 0.717) is 0 Å². The molecule has 2 aromatic rings. The van der Waals surface area contributed by atoms with Crippen molar-refractivity contribution in [1.29, 1.82) is 0 Å². The SMILES string of the molecule is CCC(N)C(c1cccc(F)c1)N(C)Cc1cccnc1. The number of aromatic nitrogens is 1.